The summed E-state index contributed by atoms with van der Waals surface area (Å²) in [6.45, 7) is 0.0523. The molecule has 0 bridgehead atoms. The first-order chi connectivity index (χ1) is 36.0. The van der Waals surface area contributed by atoms with E-state index in [-0.39, 0.29) is 97.1 Å². The van der Waals surface area contributed by atoms with E-state index in [0.29, 0.717) is 0 Å². The minimum Gasteiger partial charge on any atom is -0.443 e. The molecule has 1 aliphatic heterocycles. The van der Waals surface area contributed by atoms with Crippen LogP contribution < -0.4 is 21.3 Å². The second kappa shape index (κ2) is 37.1. The zero-order valence-corrected chi connectivity index (χ0v) is 42.4. The number of amides is 4. The third-order valence-electron chi connectivity index (χ3n) is 10.8. The number of hydrogen-bond donors (Lipinski definition) is 8. The SMILES string of the molecule is CC1(C)OCC(COCC(CCCNC(=O)C(F)(F)F)(CCCNC(=O)C(F)(F)F)CCCC(F)(F)F)O1.N#CO.N#CO.O=C(NCCCC(CCCNC(=O)C(F)(F)F)(CCCC(F)(F)F)COCC(O)CO)C(F)(F)F. The summed E-state index contributed by atoms with van der Waals surface area (Å²) in [7, 11) is 0. The van der Waals surface area contributed by atoms with Gasteiger partial charge in [-0.15, -0.1) is 0 Å². The summed E-state index contributed by atoms with van der Waals surface area (Å²) in [5.74, 6) is -9.64. The predicted molar refractivity (Wildman–Crippen MR) is 233 cm³/mol. The topological polar surface area (TPSA) is 282 Å². The monoisotopic (exact) mass is 1200 g/mol. The van der Waals surface area contributed by atoms with Crippen LogP contribution in [-0.2, 0) is 38.1 Å². The molecule has 0 aromatic heterocycles. The van der Waals surface area contributed by atoms with E-state index in [1.807, 2.05) is 0 Å². The van der Waals surface area contributed by atoms with Gasteiger partial charge in [0.1, 0.15) is 12.2 Å². The van der Waals surface area contributed by atoms with Gasteiger partial charge in [0, 0.05) is 39.0 Å². The number of aliphatic hydroxyl groups excluding tert-OH is 4. The van der Waals surface area contributed by atoms with Gasteiger partial charge in [-0.25, -0.2) is 0 Å². The predicted octanol–water partition coefficient (Wildman–Crippen LogP) is 7.46. The van der Waals surface area contributed by atoms with Crippen LogP contribution in [-0.4, -0.2) is 165 Å². The van der Waals surface area contributed by atoms with Gasteiger partial charge in [0.15, 0.2) is 5.79 Å². The van der Waals surface area contributed by atoms with Gasteiger partial charge in [-0.3, -0.25) is 19.2 Å². The largest absolute Gasteiger partial charge is 0.471 e. The van der Waals surface area contributed by atoms with Crippen molar-refractivity contribution >= 4 is 23.6 Å². The van der Waals surface area contributed by atoms with Gasteiger partial charge in [0.2, 0.25) is 0 Å². The molecule has 0 spiro atoms. The Hall–Kier alpha value is -5.04. The number of ether oxygens (including phenoxy) is 4. The van der Waals surface area contributed by atoms with E-state index >= 15 is 0 Å². The normalized spacial score (nSPS) is 15.3. The average Bonchev–Trinajstić information content (AvgIpc) is 3.65. The van der Waals surface area contributed by atoms with Crippen LogP contribution in [0.5, 0.6) is 0 Å². The molecule has 2 atom stereocenters. The molecule has 1 fully saturated rings. The maximum Gasteiger partial charge on any atom is 0.471 e. The first kappa shape index (κ1) is 78.2. The summed E-state index contributed by atoms with van der Waals surface area (Å²) >= 11 is 0. The number of nitrogens with zero attached hydrogens (tertiary/aromatic N) is 2. The molecular formula is C43H64F18N6O12. The molecule has 79 heavy (non-hydrogen) atoms. The second-order valence-corrected chi connectivity index (χ2v) is 17.9. The number of carbonyl (C=O) groups is 4. The van der Waals surface area contributed by atoms with Crippen molar-refractivity contribution in [1.29, 1.82) is 10.5 Å². The van der Waals surface area contributed by atoms with E-state index in [2.05, 4.69) is 0 Å². The minimum atomic E-state index is -5.13. The van der Waals surface area contributed by atoms with Gasteiger partial charge >= 0.3 is 60.7 Å². The molecule has 0 saturated carbocycles. The van der Waals surface area contributed by atoms with Gasteiger partial charge in [0.05, 0.1) is 39.6 Å². The number of halogens is 18. The highest BCUT2D eigenvalue weighted by Gasteiger charge is 2.42. The summed E-state index contributed by atoms with van der Waals surface area (Å²) in [6.07, 6.45) is -33.8. The van der Waals surface area contributed by atoms with Crippen molar-refractivity contribution in [2.75, 3.05) is 65.8 Å². The molecule has 1 heterocycles. The molecule has 4 amide bonds. The lowest BCUT2D eigenvalue weighted by molar-refractivity contribution is -0.173. The number of nitrogens with one attached hydrogen (secondary N) is 4. The Kier molecular flexibility index (Phi) is 36.7. The Bertz CT molecular complexity index is 1740. The third-order valence-corrected chi connectivity index (χ3v) is 10.8. The van der Waals surface area contributed by atoms with Crippen molar-refractivity contribution in [3.63, 3.8) is 0 Å². The molecule has 2 unspecified atom stereocenters. The van der Waals surface area contributed by atoms with E-state index in [1.54, 1.807) is 35.1 Å². The van der Waals surface area contributed by atoms with Gasteiger partial charge in [-0.2, -0.15) is 89.6 Å². The number of aliphatic hydroxyl groups is 4. The average molecular weight is 1200 g/mol. The smallest absolute Gasteiger partial charge is 0.443 e. The highest BCUT2D eigenvalue weighted by Crippen LogP contribution is 2.40. The van der Waals surface area contributed by atoms with E-state index in [1.165, 1.54) is 0 Å². The first-order valence-corrected chi connectivity index (χ1v) is 23.4. The summed E-state index contributed by atoms with van der Waals surface area (Å²) in [5, 5.41) is 52.4. The molecule has 464 valence electrons. The summed E-state index contributed by atoms with van der Waals surface area (Å²) in [5.41, 5.74) is -2.28. The lowest BCUT2D eigenvalue weighted by Gasteiger charge is -2.35. The summed E-state index contributed by atoms with van der Waals surface area (Å²) in [4.78, 5) is 44.0. The van der Waals surface area contributed by atoms with Gasteiger partial charge in [-0.05, 0) is 102 Å². The second-order valence-electron chi connectivity index (χ2n) is 17.9. The van der Waals surface area contributed by atoms with Crippen LogP contribution in [0.2, 0.25) is 0 Å². The molecule has 18 nitrogen and oxygen atoms in total. The Balaban J connectivity index is -0.00000133. The molecule has 1 aliphatic rings. The molecule has 0 aromatic carbocycles. The van der Waals surface area contributed by atoms with E-state index < -0.39 is 148 Å². The Morgan fingerprint density at radius 3 is 1.06 bits per heavy atom. The van der Waals surface area contributed by atoms with E-state index in [9.17, 15) is 103 Å². The zero-order valence-electron chi connectivity index (χ0n) is 42.4. The van der Waals surface area contributed by atoms with Crippen LogP contribution in [0.4, 0.5) is 79.0 Å². The highest BCUT2D eigenvalue weighted by molar-refractivity contribution is 5.82. The van der Waals surface area contributed by atoms with Crippen molar-refractivity contribution in [1.82, 2.24) is 21.3 Å². The molecule has 0 aromatic rings. The lowest BCUT2D eigenvalue weighted by atomic mass is 9.75. The maximum atomic E-state index is 12.8. The third kappa shape index (κ3) is 41.6. The summed E-state index contributed by atoms with van der Waals surface area (Å²) in [6, 6.07) is 0. The minimum absolute atomic E-state index is 0.00370. The van der Waals surface area contributed by atoms with E-state index in [4.69, 9.17) is 44.8 Å². The van der Waals surface area contributed by atoms with Crippen LogP contribution in [0.25, 0.3) is 0 Å². The van der Waals surface area contributed by atoms with Crippen molar-refractivity contribution in [2.45, 2.75) is 159 Å². The number of hydrogen-bond acceptors (Lipinski definition) is 14. The van der Waals surface area contributed by atoms with Crippen LogP contribution >= 0.6 is 0 Å². The van der Waals surface area contributed by atoms with Gasteiger partial charge < -0.3 is 60.6 Å². The molecule has 8 N–H and O–H groups in total. The van der Waals surface area contributed by atoms with Crippen molar-refractivity contribution in [3.8, 4) is 12.5 Å². The highest BCUT2D eigenvalue weighted by atomic mass is 19.4. The fourth-order valence-corrected chi connectivity index (χ4v) is 7.29. The first-order valence-electron chi connectivity index (χ1n) is 23.4. The van der Waals surface area contributed by atoms with Gasteiger partial charge in [-0.1, -0.05) is 0 Å². The van der Waals surface area contributed by atoms with E-state index in [0.717, 1.165) is 12.5 Å². The van der Waals surface area contributed by atoms with Crippen LogP contribution in [0.15, 0.2) is 0 Å². The fraction of sp³-hybridized carbons (Fsp3) is 0.860. The van der Waals surface area contributed by atoms with Crippen molar-refractivity contribution in [2.24, 2.45) is 10.8 Å². The van der Waals surface area contributed by atoms with Crippen LogP contribution in [0, 0.1) is 33.9 Å². The molecular weight excluding hydrogens is 1130 g/mol. The zero-order chi connectivity index (χ0) is 62.0. The Morgan fingerprint density at radius 2 is 0.823 bits per heavy atom. The Morgan fingerprint density at radius 1 is 0.544 bits per heavy atom. The van der Waals surface area contributed by atoms with Crippen LogP contribution in [0.1, 0.15) is 104 Å². The summed E-state index contributed by atoms with van der Waals surface area (Å²) < 4.78 is 247. The fourth-order valence-electron chi connectivity index (χ4n) is 7.29. The van der Waals surface area contributed by atoms with Gasteiger partial charge in [0.25, 0.3) is 12.5 Å². The van der Waals surface area contributed by atoms with Crippen LogP contribution in [0.3, 0.4) is 0 Å². The lowest BCUT2D eigenvalue weighted by Crippen LogP contribution is -2.39. The Labute approximate surface area is 440 Å². The number of carbonyl (C=O) groups excluding carboxylic acids is 4. The standard InChI is InChI=1S/C22H33F9N2O5.C19H29F9N2O5.2CHNO/c1-18(2)37-13-15(38-18)12-36-14-19(6-3-9-20(23,24)25,7-4-10-32-16(34)21(26,27)28)8-5-11-33-17(35)22(29,30)31;20-17(21,22)7-1-4-16(12-35-11-13(32)10-31,5-2-8-29-14(33)18(23,24)25)6-3-9-30-15(34)19(26,27)28;2*2-1-3/h15H,3-14H2,1-2H3,(H,32,34)(H,33,35);13,31-32H,1-12H2,(H,29,33)(H,30,34);2*3H. The maximum absolute atomic E-state index is 12.8. The quantitative estimate of drug-likeness (QED) is 0.0190. The molecule has 1 rings (SSSR count). The number of nitriles is 2. The number of alkyl halides is 18. The molecule has 36 heteroatoms. The number of rotatable bonds is 31. The van der Waals surface area contributed by atoms with Crippen molar-refractivity contribution in [3.05, 3.63) is 0 Å². The molecule has 0 aliphatic carbocycles. The van der Waals surface area contributed by atoms with Crippen molar-refractivity contribution < 1.29 is 138 Å². The molecule has 0 radical (unpaired) electrons. The molecule has 1 saturated heterocycles.